The fourth-order valence-electron chi connectivity index (χ4n) is 7.06. The van der Waals surface area contributed by atoms with E-state index >= 15 is 0 Å². The molecule has 2 heterocycles. The average molecular weight is 368 g/mol. The molecule has 4 nitrogen and oxygen atoms in total. The van der Waals surface area contributed by atoms with Crippen molar-refractivity contribution >= 4 is 5.91 Å². The molecule has 1 amide bonds. The second kappa shape index (κ2) is 7.20. The van der Waals surface area contributed by atoms with E-state index in [2.05, 4.69) is 26.9 Å². The number of amides is 1. The van der Waals surface area contributed by atoms with Crippen LogP contribution in [0.1, 0.15) is 56.9 Å². The number of carbonyl (C=O) groups is 1. The molecular formula is C23H33N3O. The van der Waals surface area contributed by atoms with Crippen LogP contribution in [0.3, 0.4) is 0 Å². The van der Waals surface area contributed by atoms with Crippen LogP contribution in [0.25, 0.3) is 0 Å². The van der Waals surface area contributed by atoms with Crippen LogP contribution in [0.4, 0.5) is 0 Å². The van der Waals surface area contributed by atoms with E-state index in [9.17, 15) is 4.79 Å². The van der Waals surface area contributed by atoms with Crippen molar-refractivity contribution in [3.63, 3.8) is 0 Å². The van der Waals surface area contributed by atoms with Crippen LogP contribution in [-0.4, -0.2) is 46.9 Å². The van der Waals surface area contributed by atoms with Crippen molar-refractivity contribution in [3.8, 4) is 0 Å². The highest BCUT2D eigenvalue weighted by molar-refractivity contribution is 5.77. The Balaban J connectivity index is 1.18. The third kappa shape index (κ3) is 3.78. The van der Waals surface area contributed by atoms with Crippen LogP contribution in [0.15, 0.2) is 24.5 Å². The average Bonchev–Trinajstić information content (AvgIpc) is 2.87. The van der Waals surface area contributed by atoms with Crippen molar-refractivity contribution < 1.29 is 4.79 Å². The van der Waals surface area contributed by atoms with E-state index in [0.717, 1.165) is 63.3 Å². The van der Waals surface area contributed by atoms with Crippen LogP contribution in [0.2, 0.25) is 0 Å². The molecule has 1 aliphatic heterocycles. The fourth-order valence-corrected chi connectivity index (χ4v) is 7.06. The summed E-state index contributed by atoms with van der Waals surface area (Å²) in [6.07, 6.45) is 14.1. The first kappa shape index (κ1) is 17.7. The van der Waals surface area contributed by atoms with Gasteiger partial charge in [-0.1, -0.05) is 0 Å². The molecule has 1 aromatic heterocycles. The summed E-state index contributed by atoms with van der Waals surface area (Å²) in [5.74, 6) is 3.25. The zero-order valence-electron chi connectivity index (χ0n) is 16.5. The topological polar surface area (TPSA) is 36.4 Å². The number of hydrogen-bond acceptors (Lipinski definition) is 3. The molecule has 0 aromatic carbocycles. The van der Waals surface area contributed by atoms with Gasteiger partial charge in [-0.3, -0.25) is 14.7 Å². The third-order valence-electron chi connectivity index (χ3n) is 7.79. The van der Waals surface area contributed by atoms with Gasteiger partial charge in [0.25, 0.3) is 0 Å². The molecule has 4 aliphatic carbocycles. The molecule has 0 radical (unpaired) electrons. The fraction of sp³-hybridized carbons (Fsp3) is 0.739. The number of aromatic nitrogens is 1. The maximum absolute atomic E-state index is 13.2. The summed E-state index contributed by atoms with van der Waals surface area (Å²) < 4.78 is 0. The quantitative estimate of drug-likeness (QED) is 0.814. The summed E-state index contributed by atoms with van der Waals surface area (Å²) in [6.45, 7) is 4.90. The minimum absolute atomic E-state index is 0.370. The van der Waals surface area contributed by atoms with Crippen LogP contribution in [-0.2, 0) is 11.3 Å². The van der Waals surface area contributed by atoms with Gasteiger partial charge in [-0.15, -0.1) is 0 Å². The zero-order chi connectivity index (χ0) is 18.3. The molecule has 5 fully saturated rings. The van der Waals surface area contributed by atoms with E-state index in [-0.39, 0.29) is 0 Å². The molecule has 0 N–H and O–H groups in total. The maximum atomic E-state index is 13.2. The van der Waals surface area contributed by atoms with Crippen LogP contribution >= 0.6 is 0 Å². The summed E-state index contributed by atoms with van der Waals surface area (Å²) >= 11 is 0. The molecule has 0 unspecified atom stereocenters. The largest absolute Gasteiger partial charge is 0.341 e. The monoisotopic (exact) mass is 367 g/mol. The smallest absolute Gasteiger partial charge is 0.223 e. The Kier molecular flexibility index (Phi) is 4.71. The third-order valence-corrected chi connectivity index (χ3v) is 7.79. The molecule has 0 spiro atoms. The number of hydrogen-bond donors (Lipinski definition) is 0. The van der Waals surface area contributed by atoms with Crippen molar-refractivity contribution in [2.24, 2.45) is 23.2 Å². The highest BCUT2D eigenvalue weighted by Crippen LogP contribution is 2.61. The molecule has 0 atom stereocenters. The van der Waals surface area contributed by atoms with E-state index in [0.29, 0.717) is 11.3 Å². The van der Waals surface area contributed by atoms with Crippen LogP contribution < -0.4 is 0 Å². The summed E-state index contributed by atoms with van der Waals surface area (Å²) in [5, 5.41) is 0. The van der Waals surface area contributed by atoms with Crippen molar-refractivity contribution in [2.45, 2.75) is 57.9 Å². The minimum Gasteiger partial charge on any atom is -0.341 e. The van der Waals surface area contributed by atoms with Crippen LogP contribution in [0, 0.1) is 23.2 Å². The number of rotatable bonds is 4. The summed E-state index contributed by atoms with van der Waals surface area (Å²) in [6, 6.07) is 4.20. The standard InChI is InChI=1S/C23H33N3O/c27-22(16-23-13-19-10-20(14-23)12-21(11-19)15-23)26-7-1-6-25(8-9-26)17-18-2-4-24-5-3-18/h2-5,19-21H,1,6-17H2. The predicted molar refractivity (Wildman–Crippen MR) is 106 cm³/mol. The van der Waals surface area contributed by atoms with Gasteiger partial charge in [0.1, 0.15) is 0 Å². The Hall–Kier alpha value is -1.42. The van der Waals surface area contributed by atoms with E-state index in [1.165, 1.54) is 44.1 Å². The molecule has 146 valence electrons. The van der Waals surface area contributed by atoms with Crippen molar-refractivity contribution in [2.75, 3.05) is 26.2 Å². The number of carbonyl (C=O) groups excluding carboxylic acids is 1. The summed E-state index contributed by atoms with van der Waals surface area (Å²) in [5.41, 5.74) is 1.69. The molecular weight excluding hydrogens is 334 g/mol. The Bertz CT molecular complexity index is 638. The Morgan fingerprint density at radius 1 is 0.963 bits per heavy atom. The Morgan fingerprint density at radius 2 is 1.63 bits per heavy atom. The van der Waals surface area contributed by atoms with Gasteiger partial charge >= 0.3 is 0 Å². The molecule has 1 saturated heterocycles. The van der Waals surface area contributed by atoms with E-state index in [1.54, 1.807) is 0 Å². The summed E-state index contributed by atoms with van der Waals surface area (Å²) in [4.78, 5) is 22.0. The highest BCUT2D eigenvalue weighted by atomic mass is 16.2. The van der Waals surface area contributed by atoms with E-state index in [1.807, 2.05) is 12.4 Å². The lowest BCUT2D eigenvalue weighted by atomic mass is 9.49. The second-order valence-corrected chi connectivity index (χ2v) is 9.96. The molecule has 4 heteroatoms. The van der Waals surface area contributed by atoms with Gasteiger partial charge in [-0.05, 0) is 85.8 Å². The Labute approximate surface area is 163 Å². The lowest BCUT2D eigenvalue weighted by molar-refractivity contribution is -0.139. The van der Waals surface area contributed by atoms with Crippen molar-refractivity contribution in [1.29, 1.82) is 0 Å². The van der Waals surface area contributed by atoms with Crippen molar-refractivity contribution in [1.82, 2.24) is 14.8 Å². The first-order chi connectivity index (χ1) is 13.2. The lowest BCUT2D eigenvalue weighted by Crippen LogP contribution is -2.48. The number of pyridine rings is 1. The molecule has 4 saturated carbocycles. The van der Waals surface area contributed by atoms with Crippen LogP contribution in [0.5, 0.6) is 0 Å². The zero-order valence-corrected chi connectivity index (χ0v) is 16.5. The van der Waals surface area contributed by atoms with Gasteiger partial charge in [-0.2, -0.15) is 0 Å². The highest BCUT2D eigenvalue weighted by Gasteiger charge is 2.51. The molecule has 6 rings (SSSR count). The predicted octanol–water partition coefficient (Wildman–Crippen LogP) is 3.72. The van der Waals surface area contributed by atoms with Gasteiger partial charge in [-0.25, -0.2) is 0 Å². The Morgan fingerprint density at radius 3 is 2.30 bits per heavy atom. The molecule has 4 bridgehead atoms. The maximum Gasteiger partial charge on any atom is 0.223 e. The van der Waals surface area contributed by atoms with Gasteiger partial charge in [0.2, 0.25) is 5.91 Å². The normalized spacial score (nSPS) is 36.0. The van der Waals surface area contributed by atoms with Gasteiger partial charge < -0.3 is 4.90 Å². The van der Waals surface area contributed by atoms with E-state index in [4.69, 9.17) is 0 Å². The SMILES string of the molecule is O=C(CC12CC3CC(CC(C3)C1)C2)N1CCCN(Cc2ccncc2)CC1. The van der Waals surface area contributed by atoms with Gasteiger partial charge in [0.05, 0.1) is 0 Å². The molecule has 1 aromatic rings. The first-order valence-corrected chi connectivity index (χ1v) is 11.1. The van der Waals surface area contributed by atoms with Crippen molar-refractivity contribution in [3.05, 3.63) is 30.1 Å². The second-order valence-electron chi connectivity index (χ2n) is 9.96. The van der Waals surface area contributed by atoms with E-state index < -0.39 is 0 Å². The number of nitrogens with zero attached hydrogens (tertiary/aromatic N) is 3. The summed E-state index contributed by atoms with van der Waals surface area (Å²) in [7, 11) is 0. The molecule has 27 heavy (non-hydrogen) atoms. The first-order valence-electron chi connectivity index (χ1n) is 11.1. The molecule has 5 aliphatic rings. The lowest BCUT2D eigenvalue weighted by Gasteiger charge is -2.57. The van der Waals surface area contributed by atoms with Gasteiger partial charge in [0.15, 0.2) is 0 Å². The minimum atomic E-state index is 0.370. The van der Waals surface area contributed by atoms with Gasteiger partial charge in [0, 0.05) is 51.5 Å².